The molecule has 0 unspecified atom stereocenters. The van der Waals surface area contributed by atoms with Crippen LogP contribution in [0.5, 0.6) is 0 Å². The number of fused-ring (bicyclic) bond motifs is 2. The Kier molecular flexibility index (Phi) is 5.25. The molecule has 3 N–H and O–H groups in total. The molecular formula is C27H21FN8OS. The highest BCUT2D eigenvalue weighted by Gasteiger charge is 2.26. The standard InChI is InChI=1S/C27H21FN8OS/c1-13-5-6-19(38-13)17-7-8-30-25-22(17)33-26(34-25)23-20-21(28)18(12-31-24(20)36-35-23)15-9-16(11-29-10-15)32-27(37)14-3-2-4-14/h5-12,14H,2-4H2,1H3,(H,32,37)(H,30,33,34)(H,31,35,36). The van der Waals surface area contributed by atoms with Crippen molar-refractivity contribution in [3.63, 3.8) is 0 Å². The Bertz CT molecular complexity index is 1850. The summed E-state index contributed by atoms with van der Waals surface area (Å²) in [5.41, 5.74) is 4.12. The number of halogens is 1. The minimum atomic E-state index is -0.509. The molecule has 1 saturated carbocycles. The molecule has 6 heterocycles. The number of anilines is 1. The minimum absolute atomic E-state index is 0.0306. The molecule has 1 aliphatic rings. The fourth-order valence-corrected chi connectivity index (χ4v) is 5.61. The Labute approximate surface area is 219 Å². The van der Waals surface area contributed by atoms with Crippen molar-refractivity contribution in [1.82, 2.24) is 35.1 Å². The molecule has 6 aromatic rings. The molecular weight excluding hydrogens is 503 g/mol. The van der Waals surface area contributed by atoms with Crippen LogP contribution in [0.15, 0.2) is 49.1 Å². The van der Waals surface area contributed by atoms with Gasteiger partial charge >= 0.3 is 0 Å². The van der Waals surface area contributed by atoms with E-state index in [1.807, 2.05) is 6.07 Å². The Morgan fingerprint density at radius 3 is 2.79 bits per heavy atom. The summed E-state index contributed by atoms with van der Waals surface area (Å²) in [6, 6.07) is 7.77. The van der Waals surface area contributed by atoms with Crippen molar-refractivity contribution < 1.29 is 9.18 Å². The van der Waals surface area contributed by atoms with E-state index in [0.717, 1.165) is 35.2 Å². The smallest absolute Gasteiger partial charge is 0.227 e. The number of imidazole rings is 1. The predicted octanol–water partition coefficient (Wildman–Crippen LogP) is 5.87. The SMILES string of the molecule is Cc1ccc(-c2ccnc3nc(-c4[nH]nc5ncc(-c6cncc(NC(=O)C7CCC7)c6)c(F)c45)[nH]c23)s1. The monoisotopic (exact) mass is 524 g/mol. The number of aryl methyl sites for hydroxylation is 1. The molecule has 6 aromatic heterocycles. The number of nitrogens with one attached hydrogen (secondary N) is 3. The predicted molar refractivity (Wildman–Crippen MR) is 144 cm³/mol. The van der Waals surface area contributed by atoms with E-state index in [1.54, 1.807) is 36.0 Å². The van der Waals surface area contributed by atoms with Crippen molar-refractivity contribution >= 4 is 45.1 Å². The molecule has 0 radical (unpaired) electrons. The summed E-state index contributed by atoms with van der Waals surface area (Å²) in [5, 5.41) is 10.2. The van der Waals surface area contributed by atoms with Crippen LogP contribution in [0.25, 0.3) is 55.3 Å². The number of carbonyl (C=O) groups excluding carboxylic acids is 1. The number of thiophene rings is 1. The number of aromatic amines is 2. The first kappa shape index (κ1) is 22.7. The summed E-state index contributed by atoms with van der Waals surface area (Å²) in [7, 11) is 0. The molecule has 0 bridgehead atoms. The van der Waals surface area contributed by atoms with E-state index >= 15 is 4.39 Å². The molecule has 7 rings (SSSR count). The van der Waals surface area contributed by atoms with E-state index in [4.69, 9.17) is 0 Å². The summed E-state index contributed by atoms with van der Waals surface area (Å²) in [5.74, 6) is -0.0970. The fraction of sp³-hybridized carbons (Fsp3) is 0.185. The third-order valence-corrected chi connectivity index (χ3v) is 7.98. The average Bonchev–Trinajstić information content (AvgIpc) is 3.61. The molecule has 1 amide bonds. The van der Waals surface area contributed by atoms with Crippen molar-refractivity contribution in [2.24, 2.45) is 5.92 Å². The zero-order valence-corrected chi connectivity index (χ0v) is 21.1. The van der Waals surface area contributed by atoms with Gasteiger partial charge in [0, 0.05) is 51.0 Å². The van der Waals surface area contributed by atoms with Gasteiger partial charge in [0.05, 0.1) is 22.8 Å². The van der Waals surface area contributed by atoms with Gasteiger partial charge in [-0.3, -0.25) is 14.9 Å². The molecule has 9 nitrogen and oxygen atoms in total. The van der Waals surface area contributed by atoms with Gasteiger partial charge in [-0.1, -0.05) is 6.42 Å². The van der Waals surface area contributed by atoms with Crippen LogP contribution in [0.2, 0.25) is 0 Å². The number of hydrogen-bond acceptors (Lipinski definition) is 7. The van der Waals surface area contributed by atoms with Crippen LogP contribution in [-0.4, -0.2) is 41.0 Å². The van der Waals surface area contributed by atoms with Gasteiger partial charge in [0.2, 0.25) is 5.91 Å². The lowest BCUT2D eigenvalue weighted by Gasteiger charge is -2.24. The second-order valence-electron chi connectivity index (χ2n) is 9.42. The summed E-state index contributed by atoms with van der Waals surface area (Å²) < 4.78 is 16.1. The molecule has 38 heavy (non-hydrogen) atoms. The molecule has 0 aliphatic heterocycles. The van der Waals surface area contributed by atoms with Crippen molar-refractivity contribution in [2.45, 2.75) is 26.2 Å². The van der Waals surface area contributed by atoms with Gasteiger partial charge in [-0.15, -0.1) is 11.3 Å². The Hall–Kier alpha value is -4.51. The van der Waals surface area contributed by atoms with Crippen LogP contribution in [-0.2, 0) is 4.79 Å². The normalized spacial score (nSPS) is 13.7. The van der Waals surface area contributed by atoms with Crippen LogP contribution in [0.4, 0.5) is 10.1 Å². The Morgan fingerprint density at radius 1 is 1.11 bits per heavy atom. The van der Waals surface area contributed by atoms with Crippen LogP contribution >= 0.6 is 11.3 Å². The number of pyridine rings is 3. The zero-order chi connectivity index (χ0) is 25.8. The maximum Gasteiger partial charge on any atom is 0.227 e. The number of nitrogens with zero attached hydrogens (tertiary/aromatic N) is 5. The third-order valence-electron chi connectivity index (χ3n) is 6.95. The van der Waals surface area contributed by atoms with Crippen molar-refractivity contribution in [2.75, 3.05) is 5.32 Å². The van der Waals surface area contributed by atoms with E-state index in [0.29, 0.717) is 28.4 Å². The average molecular weight is 525 g/mol. The molecule has 0 saturated heterocycles. The lowest BCUT2D eigenvalue weighted by atomic mass is 9.85. The maximum atomic E-state index is 16.1. The summed E-state index contributed by atoms with van der Waals surface area (Å²) in [4.78, 5) is 35.6. The Balaban J connectivity index is 1.30. The highest BCUT2D eigenvalue weighted by Crippen LogP contribution is 2.36. The molecule has 188 valence electrons. The molecule has 0 atom stereocenters. The quantitative estimate of drug-likeness (QED) is 0.259. The summed E-state index contributed by atoms with van der Waals surface area (Å²) >= 11 is 1.68. The number of rotatable bonds is 5. The number of carbonyl (C=O) groups is 1. The zero-order valence-electron chi connectivity index (χ0n) is 20.2. The molecule has 0 spiro atoms. The first-order chi connectivity index (χ1) is 18.5. The summed E-state index contributed by atoms with van der Waals surface area (Å²) in [6.45, 7) is 2.06. The van der Waals surface area contributed by atoms with Gasteiger partial charge in [-0.25, -0.2) is 19.3 Å². The third kappa shape index (κ3) is 3.74. The van der Waals surface area contributed by atoms with Crippen molar-refractivity contribution in [3.8, 4) is 33.1 Å². The second-order valence-corrected chi connectivity index (χ2v) is 10.7. The van der Waals surface area contributed by atoms with Crippen molar-refractivity contribution in [1.29, 1.82) is 0 Å². The number of hydrogen-bond donors (Lipinski definition) is 3. The molecule has 0 aromatic carbocycles. The van der Waals surface area contributed by atoms with Gasteiger partial charge in [0.1, 0.15) is 11.5 Å². The van der Waals surface area contributed by atoms with Crippen molar-refractivity contribution in [3.05, 3.63) is 59.7 Å². The topological polar surface area (TPSA) is 125 Å². The van der Waals surface area contributed by atoms with Crippen LogP contribution in [0, 0.1) is 18.7 Å². The molecule has 1 fully saturated rings. The van der Waals surface area contributed by atoms with E-state index < -0.39 is 5.82 Å². The Morgan fingerprint density at radius 2 is 2.00 bits per heavy atom. The van der Waals surface area contributed by atoms with E-state index in [-0.39, 0.29) is 28.4 Å². The van der Waals surface area contributed by atoms with Gasteiger partial charge < -0.3 is 10.3 Å². The molecule has 1 aliphatic carbocycles. The van der Waals surface area contributed by atoms with Gasteiger partial charge in [-0.05, 0) is 44.0 Å². The number of H-pyrrole nitrogens is 2. The fourth-order valence-electron chi connectivity index (χ4n) is 4.71. The van der Waals surface area contributed by atoms with E-state index in [9.17, 15) is 4.79 Å². The van der Waals surface area contributed by atoms with Crippen LogP contribution in [0.3, 0.4) is 0 Å². The van der Waals surface area contributed by atoms with Crippen LogP contribution < -0.4 is 5.32 Å². The number of aromatic nitrogens is 7. The first-order valence-electron chi connectivity index (χ1n) is 12.3. The molecule has 11 heteroatoms. The highest BCUT2D eigenvalue weighted by atomic mass is 32.1. The number of amides is 1. The van der Waals surface area contributed by atoms with E-state index in [1.165, 1.54) is 11.1 Å². The van der Waals surface area contributed by atoms with Gasteiger partial charge in [0.15, 0.2) is 17.1 Å². The minimum Gasteiger partial charge on any atom is -0.335 e. The van der Waals surface area contributed by atoms with Crippen LogP contribution in [0.1, 0.15) is 24.1 Å². The first-order valence-corrected chi connectivity index (χ1v) is 13.1. The van der Waals surface area contributed by atoms with Gasteiger partial charge in [-0.2, -0.15) is 5.10 Å². The lowest BCUT2D eigenvalue weighted by molar-refractivity contribution is -0.122. The lowest BCUT2D eigenvalue weighted by Crippen LogP contribution is -2.28. The maximum absolute atomic E-state index is 16.1. The highest BCUT2D eigenvalue weighted by molar-refractivity contribution is 7.15. The largest absolute Gasteiger partial charge is 0.335 e. The van der Waals surface area contributed by atoms with E-state index in [2.05, 4.69) is 59.5 Å². The van der Waals surface area contributed by atoms with Gasteiger partial charge in [0.25, 0.3) is 0 Å². The second kappa shape index (κ2) is 8.80. The summed E-state index contributed by atoms with van der Waals surface area (Å²) in [6.07, 6.45) is 9.09.